The molecule has 25 heavy (non-hydrogen) atoms. The number of ether oxygens (including phenoxy) is 2. The van der Waals surface area contributed by atoms with Crippen molar-refractivity contribution in [2.75, 3.05) is 6.61 Å². The van der Waals surface area contributed by atoms with E-state index < -0.39 is 6.36 Å². The summed E-state index contributed by atoms with van der Waals surface area (Å²) < 4.78 is 49.1. The number of rotatable bonds is 8. The minimum atomic E-state index is -4.73. The first-order valence-corrected chi connectivity index (χ1v) is 8.32. The molecule has 0 fully saturated rings. The van der Waals surface area contributed by atoms with Crippen LogP contribution in [-0.2, 0) is 6.54 Å². The lowest BCUT2D eigenvalue weighted by Gasteiger charge is -2.18. The molecule has 0 spiro atoms. The van der Waals surface area contributed by atoms with E-state index in [0.717, 1.165) is 18.5 Å². The van der Waals surface area contributed by atoms with Gasteiger partial charge in [-0.25, -0.2) is 0 Å². The lowest BCUT2D eigenvalue weighted by Crippen LogP contribution is -2.18. The molecular weight excluding hydrogens is 333 g/mol. The van der Waals surface area contributed by atoms with Crippen molar-refractivity contribution >= 4 is 0 Å². The standard InChI is InChI=1S/C18H23F3N2O2/c1-4-14(5-2)12-24-17-7-6-16(25-18(19,20)21)10-15(17)11-23-13(3)8-9-22-23/h6-10,14H,4-5,11-12H2,1-3H3. The van der Waals surface area contributed by atoms with E-state index in [1.165, 1.54) is 18.2 Å². The van der Waals surface area contributed by atoms with Gasteiger partial charge in [0, 0.05) is 17.5 Å². The topological polar surface area (TPSA) is 36.3 Å². The fraction of sp³-hybridized carbons (Fsp3) is 0.500. The number of benzene rings is 1. The van der Waals surface area contributed by atoms with Gasteiger partial charge in [-0.1, -0.05) is 26.7 Å². The monoisotopic (exact) mass is 356 g/mol. The molecule has 1 aromatic carbocycles. The highest BCUT2D eigenvalue weighted by molar-refractivity contribution is 5.40. The normalized spacial score (nSPS) is 11.8. The van der Waals surface area contributed by atoms with E-state index in [4.69, 9.17) is 4.74 Å². The summed E-state index contributed by atoms with van der Waals surface area (Å²) in [5, 5.41) is 4.18. The molecule has 0 atom stereocenters. The minimum Gasteiger partial charge on any atom is -0.493 e. The van der Waals surface area contributed by atoms with E-state index in [1.807, 2.05) is 13.0 Å². The number of aromatic nitrogens is 2. The predicted molar refractivity (Wildman–Crippen MR) is 88.8 cm³/mol. The molecule has 0 saturated carbocycles. The van der Waals surface area contributed by atoms with Crippen LogP contribution in [0.3, 0.4) is 0 Å². The first-order chi connectivity index (χ1) is 11.8. The predicted octanol–water partition coefficient (Wildman–Crippen LogP) is 4.95. The first-order valence-electron chi connectivity index (χ1n) is 8.32. The molecule has 0 aliphatic rings. The van der Waals surface area contributed by atoms with Gasteiger partial charge in [0.05, 0.1) is 13.2 Å². The third-order valence-corrected chi connectivity index (χ3v) is 4.14. The van der Waals surface area contributed by atoms with Gasteiger partial charge in [-0.3, -0.25) is 4.68 Å². The summed E-state index contributed by atoms with van der Waals surface area (Å²) in [5.74, 6) is 0.698. The third-order valence-electron chi connectivity index (χ3n) is 4.14. The Morgan fingerprint density at radius 1 is 1.16 bits per heavy atom. The van der Waals surface area contributed by atoms with Crippen LogP contribution in [0.4, 0.5) is 13.2 Å². The van der Waals surface area contributed by atoms with E-state index in [2.05, 4.69) is 23.7 Å². The highest BCUT2D eigenvalue weighted by atomic mass is 19.4. The zero-order valence-corrected chi connectivity index (χ0v) is 14.6. The fourth-order valence-corrected chi connectivity index (χ4v) is 2.47. The van der Waals surface area contributed by atoms with Gasteiger partial charge in [-0.15, -0.1) is 13.2 Å². The van der Waals surface area contributed by atoms with Gasteiger partial charge in [0.25, 0.3) is 0 Å². The summed E-state index contributed by atoms with van der Waals surface area (Å²) in [6, 6.07) is 5.99. The molecule has 4 nitrogen and oxygen atoms in total. The van der Waals surface area contributed by atoms with Crippen LogP contribution >= 0.6 is 0 Å². The Morgan fingerprint density at radius 3 is 2.44 bits per heavy atom. The van der Waals surface area contributed by atoms with Crippen molar-refractivity contribution in [1.29, 1.82) is 0 Å². The summed E-state index contributed by atoms with van der Waals surface area (Å²) in [6.07, 6.45) is -1.11. The molecular formula is C18H23F3N2O2. The molecule has 0 saturated heterocycles. The molecule has 0 N–H and O–H groups in total. The van der Waals surface area contributed by atoms with E-state index in [1.54, 1.807) is 10.9 Å². The lowest BCUT2D eigenvalue weighted by atomic mass is 10.1. The third kappa shape index (κ3) is 5.69. The molecule has 2 rings (SSSR count). The second-order valence-corrected chi connectivity index (χ2v) is 5.94. The second kappa shape index (κ2) is 8.27. The van der Waals surface area contributed by atoms with Crippen molar-refractivity contribution < 1.29 is 22.6 Å². The maximum absolute atomic E-state index is 12.5. The summed E-state index contributed by atoms with van der Waals surface area (Å²) >= 11 is 0. The van der Waals surface area contributed by atoms with Crippen molar-refractivity contribution in [2.24, 2.45) is 5.92 Å². The van der Waals surface area contributed by atoms with Crippen LogP contribution in [0.1, 0.15) is 37.9 Å². The molecule has 0 unspecified atom stereocenters. The van der Waals surface area contributed by atoms with Crippen molar-refractivity contribution in [1.82, 2.24) is 9.78 Å². The van der Waals surface area contributed by atoms with Crippen LogP contribution < -0.4 is 9.47 Å². The van der Waals surface area contributed by atoms with Gasteiger partial charge in [-0.2, -0.15) is 5.10 Å². The maximum atomic E-state index is 12.5. The van der Waals surface area contributed by atoms with Crippen LogP contribution in [-0.4, -0.2) is 22.7 Å². The fourth-order valence-electron chi connectivity index (χ4n) is 2.47. The maximum Gasteiger partial charge on any atom is 0.573 e. The van der Waals surface area contributed by atoms with Crippen LogP contribution in [0.2, 0.25) is 0 Å². The molecule has 2 aromatic rings. The van der Waals surface area contributed by atoms with Crippen LogP contribution in [0, 0.1) is 12.8 Å². The zero-order valence-electron chi connectivity index (χ0n) is 14.6. The number of hydrogen-bond donors (Lipinski definition) is 0. The quantitative estimate of drug-likeness (QED) is 0.671. The Kier molecular flexibility index (Phi) is 6.33. The second-order valence-electron chi connectivity index (χ2n) is 5.94. The van der Waals surface area contributed by atoms with Gasteiger partial charge in [0.15, 0.2) is 0 Å². The highest BCUT2D eigenvalue weighted by Gasteiger charge is 2.31. The summed E-state index contributed by atoms with van der Waals surface area (Å²) in [4.78, 5) is 0. The molecule has 0 radical (unpaired) electrons. The van der Waals surface area contributed by atoms with Gasteiger partial charge >= 0.3 is 6.36 Å². The molecule has 0 bridgehead atoms. The summed E-state index contributed by atoms with van der Waals surface area (Å²) in [6.45, 7) is 6.90. The summed E-state index contributed by atoms with van der Waals surface area (Å²) in [7, 11) is 0. The Hall–Kier alpha value is -2.18. The minimum absolute atomic E-state index is 0.262. The van der Waals surface area contributed by atoms with Gasteiger partial charge in [0.2, 0.25) is 0 Å². The number of halogens is 3. The molecule has 1 aromatic heterocycles. The number of aryl methyl sites for hydroxylation is 1. The molecule has 0 aliphatic heterocycles. The number of nitrogens with zero attached hydrogens (tertiary/aromatic N) is 2. The molecule has 0 amide bonds. The number of alkyl halides is 3. The van der Waals surface area contributed by atoms with Crippen LogP contribution in [0.5, 0.6) is 11.5 Å². The van der Waals surface area contributed by atoms with Crippen LogP contribution in [0.25, 0.3) is 0 Å². The number of hydrogen-bond acceptors (Lipinski definition) is 3. The summed E-state index contributed by atoms with van der Waals surface area (Å²) in [5.41, 5.74) is 1.51. The van der Waals surface area contributed by atoms with E-state index in [-0.39, 0.29) is 5.75 Å². The Morgan fingerprint density at radius 2 is 1.88 bits per heavy atom. The molecule has 138 valence electrons. The average Bonchev–Trinajstić information content (AvgIpc) is 2.93. The van der Waals surface area contributed by atoms with Crippen LogP contribution in [0.15, 0.2) is 30.5 Å². The smallest absolute Gasteiger partial charge is 0.493 e. The Labute approximate surface area is 145 Å². The average molecular weight is 356 g/mol. The van der Waals surface area contributed by atoms with Crippen molar-refractivity contribution in [2.45, 2.75) is 46.5 Å². The van der Waals surface area contributed by atoms with Gasteiger partial charge < -0.3 is 9.47 Å². The van der Waals surface area contributed by atoms with Crippen molar-refractivity contribution in [3.8, 4) is 11.5 Å². The van der Waals surface area contributed by atoms with E-state index in [9.17, 15) is 13.2 Å². The lowest BCUT2D eigenvalue weighted by molar-refractivity contribution is -0.274. The Balaban J connectivity index is 2.25. The van der Waals surface area contributed by atoms with Gasteiger partial charge in [0.1, 0.15) is 11.5 Å². The zero-order chi connectivity index (χ0) is 18.4. The molecule has 1 heterocycles. The molecule has 7 heteroatoms. The first kappa shape index (κ1) is 19.1. The van der Waals surface area contributed by atoms with Crippen molar-refractivity contribution in [3.05, 3.63) is 41.7 Å². The highest BCUT2D eigenvalue weighted by Crippen LogP contribution is 2.30. The molecule has 0 aliphatic carbocycles. The Bertz CT molecular complexity index is 679. The van der Waals surface area contributed by atoms with E-state index >= 15 is 0 Å². The van der Waals surface area contributed by atoms with Gasteiger partial charge in [-0.05, 0) is 37.1 Å². The SMILES string of the molecule is CCC(CC)COc1ccc(OC(F)(F)F)cc1Cn1nccc1C. The van der Waals surface area contributed by atoms with E-state index in [0.29, 0.717) is 30.4 Å². The van der Waals surface area contributed by atoms with Crippen molar-refractivity contribution in [3.63, 3.8) is 0 Å². The largest absolute Gasteiger partial charge is 0.573 e.